The summed E-state index contributed by atoms with van der Waals surface area (Å²) in [5.74, 6) is 0. The van der Waals surface area contributed by atoms with Crippen molar-refractivity contribution in [1.29, 1.82) is 0 Å². The summed E-state index contributed by atoms with van der Waals surface area (Å²) >= 11 is 0. The molecule has 0 unspecified atom stereocenters. The lowest BCUT2D eigenvalue weighted by Gasteiger charge is -2.32. The van der Waals surface area contributed by atoms with Crippen LogP contribution in [0, 0.1) is 13.8 Å². The predicted octanol–water partition coefficient (Wildman–Crippen LogP) is 33.2. The summed E-state index contributed by atoms with van der Waals surface area (Å²) in [6.07, 6.45) is 0. The first-order valence-electron chi connectivity index (χ1n) is 44.4. The minimum atomic E-state index is -0.699. The summed E-state index contributed by atoms with van der Waals surface area (Å²) < 4.78 is 1.97. The summed E-state index contributed by atoms with van der Waals surface area (Å²) in [6, 6.07) is 170. The Morgan fingerprint density at radius 2 is 0.453 bits per heavy atom. The van der Waals surface area contributed by atoms with E-state index in [-0.39, 0.29) is 5.41 Å². The van der Waals surface area contributed by atoms with E-state index < -0.39 is 5.41 Å². The number of fused-ring (bicyclic) bond motifs is 12. The molecular formula is C125H91N3. The van der Waals surface area contributed by atoms with Gasteiger partial charge >= 0.3 is 0 Å². The number of pyridine rings is 1. The normalized spacial score (nSPS) is 12.2. The second-order valence-electron chi connectivity index (χ2n) is 35.4. The predicted molar refractivity (Wildman–Crippen MR) is 538 cm³/mol. The fourth-order valence-corrected chi connectivity index (χ4v) is 19.3. The van der Waals surface area contributed by atoms with Crippen molar-refractivity contribution in [2.45, 2.75) is 45.4 Å². The molecule has 0 radical (unpaired) electrons. The standard InChI is InChI=1S/C97H64.C28H27N3/c1-5-13-65(14-6-1)69-21-29-73(30-22-69)77-37-45-81(46-38-77)85-53-57-89-90-58-54-86(82-47-39-78(40-48-82)74-31-23-70(24-32-74)66-15-7-2-8-16-66)62-94(90)97(93(89)61-85)95-63-87(83-49-41-79(42-50-83)75-33-25-71(26-34-75)67-17-9-3-10-18-67)55-59-91(95)92-60-56-88(64-96(92)97)84-51-43-80(44-52-84)76-35-27-72(28-36-76)68-19-11-4-12-20-68;1-18-6-10-20(11-7-18)26-24-17-21-16-22(28(3,4)5)12-15-25(21)29-27(24)31(30-26)23-13-8-19(2)9-14-23/h1-64H;6-17H,1-5H3. The molecule has 3 heteroatoms. The highest BCUT2D eigenvalue weighted by Crippen LogP contribution is 2.65. The zero-order chi connectivity index (χ0) is 86.0. The minimum Gasteiger partial charge on any atom is -0.228 e. The first-order valence-corrected chi connectivity index (χ1v) is 44.4. The smallest absolute Gasteiger partial charge is 0.164 e. The molecule has 23 rings (SSSR count). The van der Waals surface area contributed by atoms with Gasteiger partial charge in [-0.2, -0.15) is 5.10 Å². The molecule has 0 saturated heterocycles. The fourth-order valence-electron chi connectivity index (χ4n) is 19.3. The lowest BCUT2D eigenvalue weighted by Crippen LogP contribution is -2.26. The zero-order valence-electron chi connectivity index (χ0n) is 72.2. The second-order valence-corrected chi connectivity index (χ2v) is 35.4. The maximum absolute atomic E-state index is 5.06. The molecule has 0 atom stereocenters. The minimum absolute atomic E-state index is 0.0923. The van der Waals surface area contributed by atoms with E-state index in [1.54, 1.807) is 0 Å². The van der Waals surface area contributed by atoms with Gasteiger partial charge in [0.15, 0.2) is 5.65 Å². The molecule has 0 amide bonds. The Kier molecular flexibility index (Phi) is 19.9. The molecule has 0 bridgehead atoms. The Labute approximate surface area is 749 Å². The Morgan fingerprint density at radius 1 is 0.219 bits per heavy atom. The zero-order valence-corrected chi connectivity index (χ0v) is 72.2. The molecule has 0 aliphatic heterocycles. The van der Waals surface area contributed by atoms with Crippen LogP contribution in [0.2, 0.25) is 0 Å². The van der Waals surface area contributed by atoms with Gasteiger partial charge in [0.05, 0.1) is 16.6 Å². The van der Waals surface area contributed by atoms with Gasteiger partial charge < -0.3 is 0 Å². The van der Waals surface area contributed by atoms with Crippen LogP contribution in [0.5, 0.6) is 0 Å². The topological polar surface area (TPSA) is 30.7 Å². The SMILES string of the molecule is Cc1ccc(-c2nn(-c3ccc(C)cc3)c3nc4ccc(C(C)(C)C)cc4cc23)cc1.c1ccc(-c2ccc(-c3ccc(-c4ccc5c(c4)C4(c6cc(-c7ccc(-c8ccc(-c9ccccc9)cc8)cc7)ccc6-5)c5cc(-c6ccc(-c7ccc(-c8ccccc8)cc7)cc6)ccc5-c5ccc(-c6ccc(-c7ccc(-c8ccccc8)cc7)cc6)cc54)cc3)cc2)cc1. The molecular weight excluding hydrogens is 1540 g/mol. The Morgan fingerprint density at radius 3 is 0.719 bits per heavy atom. The quantitative estimate of drug-likeness (QED) is 0.109. The van der Waals surface area contributed by atoms with Gasteiger partial charge in [0.2, 0.25) is 0 Å². The van der Waals surface area contributed by atoms with Crippen molar-refractivity contribution in [2.75, 3.05) is 0 Å². The molecule has 19 aromatic carbocycles. The molecule has 21 aromatic rings. The number of aryl methyl sites for hydroxylation is 2. The third-order valence-corrected chi connectivity index (χ3v) is 26.4. The van der Waals surface area contributed by atoms with Gasteiger partial charge in [0.1, 0.15) is 5.69 Å². The highest BCUT2D eigenvalue weighted by molar-refractivity contribution is 6.02. The monoisotopic (exact) mass is 1630 g/mol. The molecule has 0 fully saturated rings. The summed E-state index contributed by atoms with van der Waals surface area (Å²) in [5.41, 5.74) is 47.1. The highest BCUT2D eigenvalue weighted by atomic mass is 15.3. The third kappa shape index (κ3) is 14.6. The highest BCUT2D eigenvalue weighted by Gasteiger charge is 2.52. The van der Waals surface area contributed by atoms with E-state index in [0.29, 0.717) is 0 Å². The van der Waals surface area contributed by atoms with Gasteiger partial charge in [0, 0.05) is 16.3 Å². The first kappa shape index (κ1) is 78.1. The van der Waals surface area contributed by atoms with E-state index in [4.69, 9.17) is 10.1 Å². The van der Waals surface area contributed by atoms with Crippen molar-refractivity contribution in [3.63, 3.8) is 0 Å². The largest absolute Gasteiger partial charge is 0.228 e. The number of aromatic nitrogens is 3. The van der Waals surface area contributed by atoms with Crippen LogP contribution >= 0.6 is 0 Å². The van der Waals surface area contributed by atoms with Crippen molar-refractivity contribution < 1.29 is 0 Å². The van der Waals surface area contributed by atoms with Crippen molar-refractivity contribution in [2.24, 2.45) is 0 Å². The van der Waals surface area contributed by atoms with E-state index in [9.17, 15) is 0 Å². The van der Waals surface area contributed by atoms with Gasteiger partial charge in [-0.3, -0.25) is 0 Å². The van der Waals surface area contributed by atoms with E-state index in [0.717, 1.165) is 38.9 Å². The molecule has 128 heavy (non-hydrogen) atoms. The lowest BCUT2D eigenvalue weighted by molar-refractivity contribution is 0.591. The fraction of sp³-hybridized carbons (Fsp3) is 0.0560. The van der Waals surface area contributed by atoms with Crippen molar-refractivity contribution in [3.8, 4) is 173 Å². The molecule has 2 heterocycles. The van der Waals surface area contributed by atoms with Gasteiger partial charge in [-0.25, -0.2) is 9.67 Å². The summed E-state index contributed by atoms with van der Waals surface area (Å²) in [5, 5.41) is 7.26. The first-order chi connectivity index (χ1) is 62.8. The van der Waals surface area contributed by atoms with E-state index in [2.05, 4.69) is 496 Å². The maximum Gasteiger partial charge on any atom is 0.164 e. The van der Waals surface area contributed by atoms with Crippen LogP contribution in [0.1, 0.15) is 59.7 Å². The number of rotatable bonds is 14. The van der Waals surface area contributed by atoms with Gasteiger partial charge in [-0.15, -0.1) is 0 Å². The van der Waals surface area contributed by atoms with E-state index in [1.165, 1.54) is 195 Å². The van der Waals surface area contributed by atoms with E-state index in [1.807, 2.05) is 4.68 Å². The van der Waals surface area contributed by atoms with Crippen molar-refractivity contribution in [1.82, 2.24) is 14.8 Å². The van der Waals surface area contributed by atoms with Crippen LogP contribution in [0.25, 0.3) is 195 Å². The van der Waals surface area contributed by atoms with Crippen LogP contribution in [0.3, 0.4) is 0 Å². The summed E-state index contributed by atoms with van der Waals surface area (Å²) in [4.78, 5) is 5.06. The van der Waals surface area contributed by atoms with Crippen molar-refractivity contribution in [3.05, 3.63) is 500 Å². The second kappa shape index (κ2) is 32.6. The molecule has 606 valence electrons. The average Bonchev–Trinajstić information content (AvgIpc) is 1.50. The molecule has 3 nitrogen and oxygen atoms in total. The lowest BCUT2D eigenvalue weighted by atomic mass is 9.69. The summed E-state index contributed by atoms with van der Waals surface area (Å²) in [6.45, 7) is 10.9. The van der Waals surface area contributed by atoms with Crippen LogP contribution in [-0.2, 0) is 10.8 Å². The molecule has 1 spiro atoms. The summed E-state index contributed by atoms with van der Waals surface area (Å²) in [7, 11) is 0. The van der Waals surface area contributed by atoms with Crippen LogP contribution < -0.4 is 0 Å². The van der Waals surface area contributed by atoms with Crippen LogP contribution in [0.4, 0.5) is 0 Å². The Bertz CT molecular complexity index is 6980. The third-order valence-electron chi connectivity index (χ3n) is 26.4. The van der Waals surface area contributed by atoms with E-state index >= 15 is 0 Å². The van der Waals surface area contributed by atoms with Gasteiger partial charge in [-0.1, -0.05) is 438 Å². The average molecular weight is 1640 g/mol. The van der Waals surface area contributed by atoms with Gasteiger partial charge in [0.25, 0.3) is 0 Å². The number of hydrogen-bond donors (Lipinski definition) is 0. The molecule has 2 aliphatic carbocycles. The van der Waals surface area contributed by atoms with Crippen LogP contribution in [-0.4, -0.2) is 14.8 Å². The Balaban J connectivity index is 0.000000262. The Hall–Kier alpha value is -15.9. The molecule has 2 aromatic heterocycles. The van der Waals surface area contributed by atoms with Gasteiger partial charge in [-0.05, 0) is 257 Å². The molecule has 0 N–H and O–H groups in total. The van der Waals surface area contributed by atoms with Crippen molar-refractivity contribution >= 4 is 21.9 Å². The molecule has 2 aliphatic rings. The molecule has 0 saturated carbocycles. The number of hydrogen-bond acceptors (Lipinski definition) is 2. The maximum atomic E-state index is 5.06. The number of benzene rings is 19. The van der Waals surface area contributed by atoms with Crippen LogP contribution in [0.15, 0.2) is 461 Å². The number of nitrogens with zero attached hydrogens (tertiary/aromatic N) is 3.